The highest BCUT2D eigenvalue weighted by Crippen LogP contribution is 2.30. The maximum absolute atomic E-state index is 12.4. The van der Waals surface area contributed by atoms with Crippen molar-refractivity contribution in [3.8, 4) is 0 Å². The standard InChI is InChI=1S/C11H14ClF3N2O/c1-2-3-4-5-6-17-7-16-9(11(13,14)15)8(12)10(17)18/h7H,2-6H2,1H3. The summed E-state index contributed by atoms with van der Waals surface area (Å²) in [6, 6.07) is 0. The highest BCUT2D eigenvalue weighted by atomic mass is 35.5. The number of nitrogens with zero attached hydrogens (tertiary/aromatic N) is 2. The van der Waals surface area contributed by atoms with Crippen molar-refractivity contribution < 1.29 is 13.2 Å². The van der Waals surface area contributed by atoms with Crippen LogP contribution in [0.1, 0.15) is 38.3 Å². The lowest BCUT2D eigenvalue weighted by Crippen LogP contribution is -2.25. The van der Waals surface area contributed by atoms with Gasteiger partial charge in [0.1, 0.15) is 5.02 Å². The zero-order valence-corrected chi connectivity index (χ0v) is 10.7. The zero-order chi connectivity index (χ0) is 13.8. The SMILES string of the molecule is CCCCCCn1cnc(C(F)(F)F)c(Cl)c1=O. The first-order valence-corrected chi connectivity index (χ1v) is 6.07. The molecule has 0 radical (unpaired) electrons. The molecule has 0 aromatic carbocycles. The van der Waals surface area contributed by atoms with E-state index in [1.165, 1.54) is 0 Å². The highest BCUT2D eigenvalue weighted by Gasteiger charge is 2.36. The topological polar surface area (TPSA) is 34.9 Å². The van der Waals surface area contributed by atoms with Crippen LogP contribution in [0.25, 0.3) is 0 Å². The van der Waals surface area contributed by atoms with Gasteiger partial charge in [0.2, 0.25) is 0 Å². The van der Waals surface area contributed by atoms with Gasteiger partial charge in [-0.1, -0.05) is 37.8 Å². The van der Waals surface area contributed by atoms with E-state index in [1.54, 1.807) is 0 Å². The molecule has 0 N–H and O–H groups in total. The summed E-state index contributed by atoms with van der Waals surface area (Å²) in [6.45, 7) is 2.38. The monoisotopic (exact) mass is 282 g/mol. The second-order valence-corrected chi connectivity index (χ2v) is 4.34. The van der Waals surface area contributed by atoms with Crippen molar-refractivity contribution in [2.24, 2.45) is 0 Å². The van der Waals surface area contributed by atoms with Gasteiger partial charge < -0.3 is 0 Å². The van der Waals surface area contributed by atoms with Gasteiger partial charge >= 0.3 is 6.18 Å². The molecule has 1 aromatic heterocycles. The molecule has 0 bridgehead atoms. The van der Waals surface area contributed by atoms with Gasteiger partial charge in [-0.3, -0.25) is 9.36 Å². The number of halogens is 4. The Hall–Kier alpha value is -1.04. The van der Waals surface area contributed by atoms with Crippen LogP contribution in [-0.2, 0) is 12.7 Å². The summed E-state index contributed by atoms with van der Waals surface area (Å²) >= 11 is 5.41. The van der Waals surface area contributed by atoms with Crippen LogP contribution in [0.2, 0.25) is 5.02 Å². The second kappa shape index (κ2) is 6.22. The summed E-state index contributed by atoms with van der Waals surface area (Å²) in [6.07, 6.45) is -0.0866. The number of rotatable bonds is 5. The first kappa shape index (κ1) is 15.0. The number of hydrogen-bond acceptors (Lipinski definition) is 2. The molecule has 1 aromatic rings. The normalized spacial score (nSPS) is 11.8. The quantitative estimate of drug-likeness (QED) is 0.775. The maximum atomic E-state index is 12.4. The molecule has 3 nitrogen and oxygen atoms in total. The summed E-state index contributed by atoms with van der Waals surface area (Å²) in [5, 5.41) is -0.861. The molecule has 1 heterocycles. The Morgan fingerprint density at radius 1 is 1.33 bits per heavy atom. The fourth-order valence-electron chi connectivity index (χ4n) is 1.53. The molecule has 0 saturated heterocycles. The van der Waals surface area contributed by atoms with Crippen molar-refractivity contribution in [3.63, 3.8) is 0 Å². The largest absolute Gasteiger partial charge is 0.435 e. The van der Waals surface area contributed by atoms with Crippen LogP contribution in [0.15, 0.2) is 11.1 Å². The third kappa shape index (κ3) is 3.73. The van der Waals surface area contributed by atoms with E-state index in [-0.39, 0.29) is 0 Å². The smallest absolute Gasteiger partial charge is 0.298 e. The van der Waals surface area contributed by atoms with E-state index in [0.29, 0.717) is 6.54 Å². The van der Waals surface area contributed by atoms with Gasteiger partial charge in [-0.25, -0.2) is 4.98 Å². The average Bonchev–Trinajstić information content (AvgIpc) is 2.28. The van der Waals surface area contributed by atoms with Gasteiger partial charge in [0, 0.05) is 6.54 Å². The second-order valence-electron chi connectivity index (χ2n) is 3.96. The Balaban J connectivity index is 2.85. The minimum atomic E-state index is -4.70. The molecule has 0 aliphatic carbocycles. The Kier molecular flexibility index (Phi) is 5.19. The van der Waals surface area contributed by atoms with Crippen molar-refractivity contribution in [1.82, 2.24) is 9.55 Å². The van der Waals surface area contributed by atoms with Crippen molar-refractivity contribution >= 4 is 11.6 Å². The van der Waals surface area contributed by atoms with Crippen LogP contribution in [0.3, 0.4) is 0 Å². The molecule has 0 aliphatic rings. The molecule has 0 amide bonds. The van der Waals surface area contributed by atoms with E-state index in [0.717, 1.165) is 36.6 Å². The lowest BCUT2D eigenvalue weighted by atomic mass is 10.2. The van der Waals surface area contributed by atoms with Crippen molar-refractivity contribution in [2.75, 3.05) is 0 Å². The highest BCUT2D eigenvalue weighted by molar-refractivity contribution is 6.31. The molecular weight excluding hydrogens is 269 g/mol. The van der Waals surface area contributed by atoms with Gasteiger partial charge in [-0.15, -0.1) is 0 Å². The fraction of sp³-hybridized carbons (Fsp3) is 0.636. The number of unbranched alkanes of at least 4 members (excludes halogenated alkanes) is 3. The fourth-order valence-corrected chi connectivity index (χ4v) is 1.79. The number of hydrogen-bond donors (Lipinski definition) is 0. The minimum absolute atomic E-state index is 0.337. The zero-order valence-electron chi connectivity index (χ0n) is 9.93. The molecule has 7 heteroatoms. The summed E-state index contributed by atoms with van der Waals surface area (Å²) < 4.78 is 38.4. The molecule has 1 rings (SSSR count). The van der Waals surface area contributed by atoms with E-state index in [4.69, 9.17) is 11.6 Å². The predicted octanol–water partition coefficient (Wildman–Crippen LogP) is 3.50. The van der Waals surface area contributed by atoms with Gasteiger partial charge in [-0.2, -0.15) is 13.2 Å². The minimum Gasteiger partial charge on any atom is -0.298 e. The number of aromatic nitrogens is 2. The van der Waals surface area contributed by atoms with Crippen LogP contribution in [0, 0.1) is 0 Å². The van der Waals surface area contributed by atoms with E-state index < -0.39 is 22.5 Å². The first-order valence-electron chi connectivity index (χ1n) is 5.70. The summed E-state index contributed by atoms with van der Waals surface area (Å²) in [7, 11) is 0. The molecule has 0 spiro atoms. The van der Waals surface area contributed by atoms with E-state index >= 15 is 0 Å². The lowest BCUT2D eigenvalue weighted by molar-refractivity contribution is -0.141. The third-order valence-electron chi connectivity index (χ3n) is 2.50. The van der Waals surface area contributed by atoms with Crippen LogP contribution in [0.4, 0.5) is 13.2 Å². The molecule has 0 saturated carbocycles. The third-order valence-corrected chi connectivity index (χ3v) is 2.84. The van der Waals surface area contributed by atoms with Gasteiger partial charge in [-0.05, 0) is 6.42 Å². The van der Waals surface area contributed by atoms with Crippen molar-refractivity contribution in [1.29, 1.82) is 0 Å². The number of alkyl halides is 3. The summed E-state index contributed by atoms with van der Waals surface area (Å²) in [4.78, 5) is 14.8. The van der Waals surface area contributed by atoms with E-state index in [2.05, 4.69) is 4.98 Å². The molecule has 18 heavy (non-hydrogen) atoms. The Morgan fingerprint density at radius 3 is 2.56 bits per heavy atom. The number of aryl methyl sites for hydroxylation is 1. The van der Waals surface area contributed by atoms with Gasteiger partial charge in [0.05, 0.1) is 6.33 Å². The van der Waals surface area contributed by atoms with Gasteiger partial charge in [0.15, 0.2) is 5.69 Å². The molecule has 0 fully saturated rings. The lowest BCUT2D eigenvalue weighted by Gasteiger charge is -2.10. The van der Waals surface area contributed by atoms with E-state index in [9.17, 15) is 18.0 Å². The van der Waals surface area contributed by atoms with Gasteiger partial charge in [0.25, 0.3) is 5.56 Å². The van der Waals surface area contributed by atoms with Crippen molar-refractivity contribution in [3.05, 3.63) is 27.4 Å². The van der Waals surface area contributed by atoms with Crippen LogP contribution < -0.4 is 5.56 Å². The molecule has 102 valence electrons. The van der Waals surface area contributed by atoms with Crippen molar-refractivity contribution in [2.45, 2.75) is 45.3 Å². The Labute approximate surface area is 108 Å². The van der Waals surface area contributed by atoms with E-state index in [1.807, 2.05) is 6.92 Å². The summed E-state index contributed by atoms with van der Waals surface area (Å²) in [5.41, 5.74) is -2.16. The molecule has 0 atom stereocenters. The Morgan fingerprint density at radius 2 is 2.00 bits per heavy atom. The summed E-state index contributed by atoms with van der Waals surface area (Å²) in [5.74, 6) is 0. The van der Waals surface area contributed by atoms with Crippen LogP contribution in [-0.4, -0.2) is 9.55 Å². The molecule has 0 unspecified atom stereocenters. The Bertz CT molecular complexity index is 457. The molecule has 0 aliphatic heterocycles. The van der Waals surface area contributed by atoms with Crippen LogP contribution in [0.5, 0.6) is 0 Å². The molecular formula is C11H14ClF3N2O. The predicted molar refractivity (Wildman–Crippen MR) is 62.7 cm³/mol. The average molecular weight is 283 g/mol. The first-order chi connectivity index (χ1) is 8.38. The maximum Gasteiger partial charge on any atom is 0.435 e. The van der Waals surface area contributed by atoms with Crippen LogP contribution >= 0.6 is 11.6 Å².